The minimum absolute atomic E-state index is 0.0785. The van der Waals surface area contributed by atoms with E-state index in [1.54, 1.807) is 40.4 Å². The van der Waals surface area contributed by atoms with Gasteiger partial charge in [0.05, 0.1) is 12.1 Å². The predicted molar refractivity (Wildman–Crippen MR) is 181 cm³/mol. The highest BCUT2D eigenvalue weighted by atomic mass is 35.5. The Balaban J connectivity index is 1.16. The van der Waals surface area contributed by atoms with E-state index in [0.29, 0.717) is 42.9 Å². The summed E-state index contributed by atoms with van der Waals surface area (Å²) in [7, 11) is 1.58. The number of halogens is 1. The minimum Gasteiger partial charge on any atom is -0.339 e. The summed E-state index contributed by atoms with van der Waals surface area (Å²) in [6.45, 7) is 7.35. The van der Waals surface area contributed by atoms with E-state index in [4.69, 9.17) is 16.6 Å². The van der Waals surface area contributed by atoms with Crippen molar-refractivity contribution in [3.05, 3.63) is 103 Å². The summed E-state index contributed by atoms with van der Waals surface area (Å²) in [4.78, 5) is 60.7. The van der Waals surface area contributed by atoms with Gasteiger partial charge in [0, 0.05) is 72.6 Å². The maximum Gasteiger partial charge on any atom is 0.274 e. The van der Waals surface area contributed by atoms with Gasteiger partial charge >= 0.3 is 0 Å². The van der Waals surface area contributed by atoms with Crippen LogP contribution in [0.5, 0.6) is 0 Å². The van der Waals surface area contributed by atoms with Gasteiger partial charge in [-0.15, -0.1) is 21.5 Å². The number of amides is 3. The van der Waals surface area contributed by atoms with E-state index < -0.39 is 11.9 Å². The van der Waals surface area contributed by atoms with Crippen molar-refractivity contribution in [2.24, 2.45) is 12.0 Å². The number of pyridine rings is 1. The van der Waals surface area contributed by atoms with E-state index in [1.807, 2.05) is 35.8 Å². The van der Waals surface area contributed by atoms with Crippen LogP contribution in [0.25, 0.3) is 5.00 Å². The van der Waals surface area contributed by atoms with Gasteiger partial charge in [-0.2, -0.15) is 0 Å². The van der Waals surface area contributed by atoms with Crippen LogP contribution in [0.1, 0.15) is 45.7 Å². The molecular formula is C33H33ClN8O4S. The van der Waals surface area contributed by atoms with Crippen molar-refractivity contribution >= 4 is 52.1 Å². The Morgan fingerprint density at radius 2 is 1.70 bits per heavy atom. The molecular weight excluding hydrogens is 640 g/mol. The van der Waals surface area contributed by atoms with Crippen LogP contribution < -0.4 is 10.9 Å². The van der Waals surface area contributed by atoms with Crippen molar-refractivity contribution in [1.29, 1.82) is 0 Å². The number of rotatable bonds is 6. The summed E-state index contributed by atoms with van der Waals surface area (Å²) in [5.41, 5.74) is 3.55. The topological polar surface area (TPSA) is 135 Å². The monoisotopic (exact) mass is 672 g/mol. The summed E-state index contributed by atoms with van der Waals surface area (Å²) >= 11 is 7.86. The number of carbonyl (C=O) groups is 3. The number of aliphatic imine (C=N–C) groups is 1. The third kappa shape index (κ3) is 6.41. The maximum atomic E-state index is 13.7. The molecule has 14 heteroatoms. The van der Waals surface area contributed by atoms with Gasteiger partial charge in [0.1, 0.15) is 22.6 Å². The molecule has 242 valence electrons. The minimum atomic E-state index is -0.587. The molecule has 0 saturated carbocycles. The zero-order valence-corrected chi connectivity index (χ0v) is 27.9. The number of aryl methyl sites for hydroxylation is 3. The highest BCUT2D eigenvalue weighted by Gasteiger charge is 2.34. The normalized spacial score (nSPS) is 16.0. The summed E-state index contributed by atoms with van der Waals surface area (Å²) in [5, 5.41) is 12.9. The number of fused-ring (bicyclic) bond motifs is 3. The molecule has 6 rings (SSSR count). The first-order valence-electron chi connectivity index (χ1n) is 15.1. The molecule has 2 aliphatic rings. The molecule has 0 spiro atoms. The molecule has 1 aromatic carbocycles. The van der Waals surface area contributed by atoms with E-state index in [9.17, 15) is 19.2 Å². The summed E-state index contributed by atoms with van der Waals surface area (Å²) < 4.78 is 3.36. The summed E-state index contributed by atoms with van der Waals surface area (Å²) in [6, 6.07) is 10.1. The Bertz CT molecular complexity index is 2000. The van der Waals surface area contributed by atoms with Crippen LogP contribution in [0.15, 0.2) is 64.5 Å². The molecule has 12 nitrogen and oxygen atoms in total. The Labute approximate surface area is 280 Å². The number of anilines is 1. The first-order chi connectivity index (χ1) is 22.5. The Hall–Kier alpha value is -4.88. The van der Waals surface area contributed by atoms with Crippen molar-refractivity contribution < 1.29 is 14.4 Å². The highest BCUT2D eigenvalue weighted by molar-refractivity contribution is 7.15. The number of aromatic nitrogens is 4. The number of benzene rings is 1. The predicted octanol–water partition coefficient (Wildman–Crippen LogP) is 3.75. The van der Waals surface area contributed by atoms with E-state index >= 15 is 0 Å². The van der Waals surface area contributed by atoms with Crippen LogP contribution >= 0.6 is 22.9 Å². The third-order valence-corrected chi connectivity index (χ3v) is 9.87. The molecule has 0 unspecified atom stereocenters. The molecule has 1 saturated heterocycles. The number of piperazine rings is 1. The number of carbonyl (C=O) groups excluding carboxylic acids is 3. The maximum absolute atomic E-state index is 13.7. The number of hydrogen-bond donors (Lipinski definition) is 1. The smallest absolute Gasteiger partial charge is 0.274 e. The molecule has 1 atom stereocenters. The van der Waals surface area contributed by atoms with Crippen molar-refractivity contribution in [3.8, 4) is 5.00 Å². The van der Waals surface area contributed by atoms with Crippen LogP contribution in [0.4, 0.5) is 5.69 Å². The molecule has 3 amide bonds. The van der Waals surface area contributed by atoms with E-state index in [-0.39, 0.29) is 29.5 Å². The van der Waals surface area contributed by atoms with Crippen LogP contribution in [0.2, 0.25) is 5.02 Å². The SMILES string of the molecule is Cc1sc2c(c1C)C(c1ccc(Cl)cc1)=N[C@@H](CC(=O)N1CCN(C(=O)/C=C/C(=O)Nc3cccn(C)c3=O)CC1)c1nnc(C)n1-2. The lowest BCUT2D eigenvalue weighted by molar-refractivity contribution is -0.137. The zero-order valence-electron chi connectivity index (χ0n) is 26.4. The van der Waals surface area contributed by atoms with E-state index in [1.165, 1.54) is 16.7 Å². The first kappa shape index (κ1) is 32.1. The fourth-order valence-corrected chi connectivity index (χ4v) is 7.06. The van der Waals surface area contributed by atoms with Gasteiger partial charge in [-0.1, -0.05) is 23.7 Å². The van der Waals surface area contributed by atoms with Crippen LogP contribution in [-0.4, -0.2) is 78.7 Å². The van der Waals surface area contributed by atoms with E-state index in [0.717, 1.165) is 38.4 Å². The average Bonchev–Trinajstić information content (AvgIpc) is 3.54. The van der Waals surface area contributed by atoms with Gasteiger partial charge in [-0.3, -0.25) is 28.7 Å². The quantitative estimate of drug-likeness (QED) is 0.310. The van der Waals surface area contributed by atoms with Crippen LogP contribution in [0.3, 0.4) is 0 Å². The zero-order chi connectivity index (χ0) is 33.4. The van der Waals surface area contributed by atoms with Crippen LogP contribution in [-0.2, 0) is 21.4 Å². The molecule has 47 heavy (non-hydrogen) atoms. The van der Waals surface area contributed by atoms with Gasteiger partial charge in [0.25, 0.3) is 5.56 Å². The summed E-state index contributed by atoms with van der Waals surface area (Å²) in [5.74, 6) is 0.279. The molecule has 0 aliphatic carbocycles. The lowest BCUT2D eigenvalue weighted by Crippen LogP contribution is -2.50. The second-order valence-electron chi connectivity index (χ2n) is 11.5. The fraction of sp³-hybridized carbons (Fsp3) is 0.303. The lowest BCUT2D eigenvalue weighted by Gasteiger charge is -2.34. The Morgan fingerprint density at radius 3 is 2.43 bits per heavy atom. The Kier molecular flexibility index (Phi) is 8.93. The second kappa shape index (κ2) is 13.1. The van der Waals surface area contributed by atoms with Crippen molar-refractivity contribution in [1.82, 2.24) is 29.1 Å². The Morgan fingerprint density at radius 1 is 1.00 bits per heavy atom. The van der Waals surface area contributed by atoms with Gasteiger partial charge in [0.2, 0.25) is 17.7 Å². The molecule has 1 fully saturated rings. The molecule has 2 aliphatic heterocycles. The van der Waals surface area contributed by atoms with Crippen molar-refractivity contribution in [3.63, 3.8) is 0 Å². The third-order valence-electron chi connectivity index (χ3n) is 8.43. The summed E-state index contributed by atoms with van der Waals surface area (Å²) in [6.07, 6.45) is 3.94. The molecule has 1 N–H and O–H groups in total. The number of thiophene rings is 1. The molecule has 0 radical (unpaired) electrons. The molecule has 0 bridgehead atoms. The molecule has 4 aromatic rings. The average molecular weight is 673 g/mol. The van der Waals surface area contributed by atoms with Gasteiger partial charge < -0.3 is 19.7 Å². The molecule has 5 heterocycles. The number of nitrogens with zero attached hydrogens (tertiary/aromatic N) is 7. The van der Waals surface area contributed by atoms with Gasteiger partial charge in [-0.05, 0) is 50.6 Å². The van der Waals surface area contributed by atoms with Crippen LogP contribution in [0, 0.1) is 20.8 Å². The van der Waals surface area contributed by atoms with E-state index in [2.05, 4.69) is 29.4 Å². The van der Waals surface area contributed by atoms with Crippen molar-refractivity contribution in [2.45, 2.75) is 33.2 Å². The van der Waals surface area contributed by atoms with Gasteiger partial charge in [-0.25, -0.2) is 0 Å². The van der Waals surface area contributed by atoms with Crippen molar-refractivity contribution in [2.75, 3.05) is 31.5 Å². The molecule has 3 aromatic heterocycles. The standard InChI is InChI=1S/C33H33ClN8O4S/c1-19-20(2)47-33-29(19)30(22-7-9-23(34)10-8-22)36-25(31-38-37-21(3)42(31)33)18-28(45)41-16-14-40(15-17-41)27(44)12-11-26(43)35-24-6-5-13-39(4)32(24)46/h5-13,25H,14-18H2,1-4H3,(H,35,43)/b12-11+/t25-/m0/s1. The second-order valence-corrected chi connectivity index (χ2v) is 13.1. The fourth-order valence-electron chi connectivity index (χ4n) is 5.72. The number of nitrogens with one attached hydrogen (secondary N) is 1. The number of hydrogen-bond acceptors (Lipinski definition) is 8. The lowest BCUT2D eigenvalue weighted by atomic mass is 9.99. The highest BCUT2D eigenvalue weighted by Crippen LogP contribution is 2.39. The largest absolute Gasteiger partial charge is 0.339 e. The van der Waals surface area contributed by atoms with Gasteiger partial charge in [0.15, 0.2) is 5.82 Å². The first-order valence-corrected chi connectivity index (χ1v) is 16.3.